The van der Waals surface area contributed by atoms with E-state index in [2.05, 4.69) is 33.0 Å². The Morgan fingerprint density at radius 3 is 2.40 bits per heavy atom. The number of benzene rings is 1. The number of ether oxygens (including phenoxy) is 1. The predicted octanol–water partition coefficient (Wildman–Crippen LogP) is 2.54. The van der Waals surface area contributed by atoms with Gasteiger partial charge in [0.25, 0.3) is 5.91 Å². The summed E-state index contributed by atoms with van der Waals surface area (Å²) in [6, 6.07) is 13.4. The molecule has 7 heteroatoms. The lowest BCUT2D eigenvalue weighted by Gasteiger charge is -2.34. The molecule has 1 aliphatic heterocycles. The van der Waals surface area contributed by atoms with Gasteiger partial charge in [0.15, 0.2) is 11.3 Å². The van der Waals surface area contributed by atoms with E-state index in [9.17, 15) is 9.59 Å². The van der Waals surface area contributed by atoms with Gasteiger partial charge in [0.1, 0.15) is 0 Å². The fourth-order valence-electron chi connectivity index (χ4n) is 2.71. The number of hydrogen-bond acceptors (Lipinski definition) is 5. The van der Waals surface area contributed by atoms with E-state index < -0.39 is 5.97 Å². The first kappa shape index (κ1) is 17.7. The Morgan fingerprint density at radius 1 is 1.04 bits per heavy atom. The number of halogens is 1. The number of furan rings is 1. The predicted molar refractivity (Wildman–Crippen MR) is 95.0 cm³/mol. The van der Waals surface area contributed by atoms with Crippen molar-refractivity contribution in [3.8, 4) is 0 Å². The Kier molecular flexibility index (Phi) is 5.88. The lowest BCUT2D eigenvalue weighted by atomic mass is 10.2. The molecule has 2 aromatic rings. The number of piperazine rings is 1. The second-order valence-corrected chi connectivity index (χ2v) is 6.60. The summed E-state index contributed by atoms with van der Waals surface area (Å²) in [5, 5.41) is 0. The van der Waals surface area contributed by atoms with Crippen molar-refractivity contribution >= 4 is 27.8 Å². The van der Waals surface area contributed by atoms with E-state index in [1.165, 1.54) is 11.6 Å². The van der Waals surface area contributed by atoms with Crippen LogP contribution in [0.5, 0.6) is 0 Å². The molecule has 0 atom stereocenters. The van der Waals surface area contributed by atoms with Crippen molar-refractivity contribution in [1.82, 2.24) is 9.80 Å². The van der Waals surface area contributed by atoms with Crippen LogP contribution in [0.3, 0.4) is 0 Å². The van der Waals surface area contributed by atoms with Crippen LogP contribution in [0.15, 0.2) is 51.6 Å². The van der Waals surface area contributed by atoms with Crippen molar-refractivity contribution in [2.24, 2.45) is 0 Å². The average Bonchev–Trinajstić information content (AvgIpc) is 3.07. The molecule has 1 fully saturated rings. The minimum absolute atomic E-state index is 0.0763. The van der Waals surface area contributed by atoms with Crippen LogP contribution < -0.4 is 0 Å². The Bertz CT molecular complexity index is 724. The van der Waals surface area contributed by atoms with Crippen molar-refractivity contribution < 1.29 is 18.7 Å². The van der Waals surface area contributed by atoms with Crippen molar-refractivity contribution in [2.45, 2.75) is 6.54 Å². The Balaban J connectivity index is 1.41. The van der Waals surface area contributed by atoms with Crippen molar-refractivity contribution in [2.75, 3.05) is 32.8 Å². The maximum Gasteiger partial charge on any atom is 0.374 e. The first-order valence-electron chi connectivity index (χ1n) is 8.08. The van der Waals surface area contributed by atoms with Crippen LogP contribution in [0.4, 0.5) is 0 Å². The summed E-state index contributed by atoms with van der Waals surface area (Å²) in [4.78, 5) is 28.0. The van der Waals surface area contributed by atoms with Gasteiger partial charge in [0.05, 0.1) is 0 Å². The van der Waals surface area contributed by atoms with Gasteiger partial charge in [0, 0.05) is 32.7 Å². The highest BCUT2D eigenvalue weighted by Crippen LogP contribution is 2.15. The minimum atomic E-state index is -0.637. The van der Waals surface area contributed by atoms with Crippen LogP contribution in [0.2, 0.25) is 0 Å². The lowest BCUT2D eigenvalue weighted by Crippen LogP contribution is -2.49. The molecule has 132 valence electrons. The number of carbonyl (C=O) groups is 2. The molecule has 1 amide bonds. The normalized spacial score (nSPS) is 15.2. The third-order valence-electron chi connectivity index (χ3n) is 4.08. The SMILES string of the molecule is O=C(OCC(=O)N1CCN(Cc2ccccc2)CC1)c1ccc(Br)o1. The minimum Gasteiger partial charge on any atom is -0.450 e. The van der Waals surface area contributed by atoms with Gasteiger partial charge in [-0.05, 0) is 33.6 Å². The zero-order valence-electron chi connectivity index (χ0n) is 13.7. The van der Waals surface area contributed by atoms with Gasteiger partial charge in [-0.1, -0.05) is 30.3 Å². The summed E-state index contributed by atoms with van der Waals surface area (Å²) in [7, 11) is 0. The van der Waals surface area contributed by atoms with Gasteiger partial charge in [0.2, 0.25) is 5.76 Å². The molecule has 1 saturated heterocycles. The van der Waals surface area contributed by atoms with E-state index in [4.69, 9.17) is 9.15 Å². The summed E-state index contributed by atoms with van der Waals surface area (Å²) >= 11 is 3.12. The molecule has 25 heavy (non-hydrogen) atoms. The van der Waals surface area contributed by atoms with Gasteiger partial charge in [-0.2, -0.15) is 0 Å². The van der Waals surface area contributed by atoms with E-state index in [-0.39, 0.29) is 18.3 Å². The van der Waals surface area contributed by atoms with Crippen LogP contribution in [0.1, 0.15) is 16.1 Å². The van der Waals surface area contributed by atoms with Crippen molar-refractivity contribution in [3.63, 3.8) is 0 Å². The number of esters is 1. The van der Waals surface area contributed by atoms with Gasteiger partial charge in [-0.25, -0.2) is 4.79 Å². The first-order chi connectivity index (χ1) is 12.1. The molecule has 2 heterocycles. The molecular formula is C18H19BrN2O4. The van der Waals surface area contributed by atoms with Crippen LogP contribution >= 0.6 is 15.9 Å². The lowest BCUT2D eigenvalue weighted by molar-refractivity contribution is -0.136. The molecule has 0 N–H and O–H groups in total. The molecule has 1 aromatic carbocycles. The fraction of sp³-hybridized carbons (Fsp3) is 0.333. The number of rotatable bonds is 5. The summed E-state index contributed by atoms with van der Waals surface area (Å²) < 4.78 is 10.6. The average molecular weight is 407 g/mol. The molecule has 1 aromatic heterocycles. The third kappa shape index (κ3) is 4.93. The van der Waals surface area contributed by atoms with Crippen molar-refractivity contribution in [3.05, 3.63) is 58.5 Å². The highest BCUT2D eigenvalue weighted by Gasteiger charge is 2.22. The summed E-state index contributed by atoms with van der Waals surface area (Å²) in [5.41, 5.74) is 1.26. The third-order valence-corrected chi connectivity index (χ3v) is 4.50. The quantitative estimate of drug-likeness (QED) is 0.713. The standard InChI is InChI=1S/C18H19BrN2O4/c19-16-7-6-15(25-16)18(23)24-13-17(22)21-10-8-20(9-11-21)12-14-4-2-1-3-5-14/h1-7H,8-13H2. The fourth-order valence-corrected chi connectivity index (χ4v) is 3.02. The van der Waals surface area contributed by atoms with Gasteiger partial charge in [-0.3, -0.25) is 9.69 Å². The second kappa shape index (κ2) is 8.31. The molecule has 1 aliphatic rings. The van der Waals surface area contributed by atoms with E-state index in [1.807, 2.05) is 18.2 Å². The topological polar surface area (TPSA) is 63.0 Å². The van der Waals surface area contributed by atoms with E-state index >= 15 is 0 Å². The van der Waals surface area contributed by atoms with E-state index in [1.54, 1.807) is 11.0 Å². The van der Waals surface area contributed by atoms with Crippen LogP contribution in [0.25, 0.3) is 0 Å². The zero-order valence-corrected chi connectivity index (χ0v) is 15.3. The second-order valence-electron chi connectivity index (χ2n) is 5.82. The van der Waals surface area contributed by atoms with Gasteiger partial charge < -0.3 is 14.1 Å². The summed E-state index contributed by atoms with van der Waals surface area (Å²) in [5.74, 6) is -0.743. The number of nitrogens with zero attached hydrogens (tertiary/aromatic N) is 2. The zero-order chi connectivity index (χ0) is 17.6. The number of amides is 1. The largest absolute Gasteiger partial charge is 0.450 e. The highest BCUT2D eigenvalue weighted by atomic mass is 79.9. The van der Waals surface area contributed by atoms with Crippen LogP contribution in [-0.4, -0.2) is 54.5 Å². The monoisotopic (exact) mass is 406 g/mol. The molecular weight excluding hydrogens is 388 g/mol. The Morgan fingerprint density at radius 2 is 1.76 bits per heavy atom. The van der Waals surface area contributed by atoms with Gasteiger partial charge >= 0.3 is 5.97 Å². The molecule has 0 saturated carbocycles. The molecule has 0 aliphatic carbocycles. The number of hydrogen-bond donors (Lipinski definition) is 0. The maximum absolute atomic E-state index is 12.2. The molecule has 0 radical (unpaired) electrons. The molecule has 3 rings (SSSR count). The molecule has 0 bridgehead atoms. The Hall–Kier alpha value is -2.12. The van der Waals surface area contributed by atoms with Crippen molar-refractivity contribution in [1.29, 1.82) is 0 Å². The smallest absolute Gasteiger partial charge is 0.374 e. The van der Waals surface area contributed by atoms with E-state index in [0.29, 0.717) is 17.8 Å². The number of carbonyl (C=O) groups excluding carboxylic acids is 2. The van der Waals surface area contributed by atoms with Crippen LogP contribution in [-0.2, 0) is 16.1 Å². The maximum atomic E-state index is 12.2. The molecule has 6 nitrogen and oxygen atoms in total. The first-order valence-corrected chi connectivity index (χ1v) is 8.87. The van der Waals surface area contributed by atoms with Crippen LogP contribution in [0, 0.1) is 0 Å². The Labute approximate surface area is 154 Å². The van der Waals surface area contributed by atoms with E-state index in [0.717, 1.165) is 19.6 Å². The summed E-state index contributed by atoms with van der Waals surface area (Å²) in [6.07, 6.45) is 0. The molecule has 0 spiro atoms. The highest BCUT2D eigenvalue weighted by molar-refractivity contribution is 9.10. The van der Waals surface area contributed by atoms with Gasteiger partial charge in [-0.15, -0.1) is 0 Å². The summed E-state index contributed by atoms with van der Waals surface area (Å²) in [6.45, 7) is 3.49. The molecule has 0 unspecified atom stereocenters.